The molecule has 0 heterocycles. The van der Waals surface area contributed by atoms with Crippen molar-refractivity contribution in [2.45, 2.75) is 12.5 Å². The third-order valence-corrected chi connectivity index (χ3v) is 1.84. The Kier molecular flexibility index (Phi) is 3.22. The molecule has 0 bridgehead atoms. The molecular weight excluding hydrogens is 173 g/mol. The molecule has 1 aromatic rings. The fraction of sp³-hybridized carbons (Fsp3) is 0.333. The Balaban J connectivity index is 2.84. The lowest BCUT2D eigenvalue weighted by Crippen LogP contribution is -2.11. The van der Waals surface area contributed by atoms with Crippen LogP contribution in [0, 0.1) is 5.82 Å². The number of aliphatic hydroxyl groups is 1. The molecule has 72 valence electrons. The molecule has 3 nitrogen and oxygen atoms in total. The molecule has 0 aliphatic heterocycles. The quantitative estimate of drug-likeness (QED) is 0.655. The second-order valence-electron chi connectivity index (χ2n) is 2.83. The molecule has 0 spiro atoms. The van der Waals surface area contributed by atoms with E-state index in [1.807, 2.05) is 0 Å². The number of halogens is 1. The summed E-state index contributed by atoms with van der Waals surface area (Å²) in [5.41, 5.74) is 6.19. The number of aromatic hydroxyl groups is 1. The van der Waals surface area contributed by atoms with Crippen molar-refractivity contribution in [2.75, 3.05) is 6.61 Å². The van der Waals surface area contributed by atoms with Crippen molar-refractivity contribution in [1.82, 2.24) is 0 Å². The van der Waals surface area contributed by atoms with Crippen LogP contribution in [-0.2, 0) is 0 Å². The number of benzene rings is 1. The first-order valence-electron chi connectivity index (χ1n) is 4.00. The first-order valence-corrected chi connectivity index (χ1v) is 4.00. The summed E-state index contributed by atoms with van der Waals surface area (Å²) >= 11 is 0. The van der Waals surface area contributed by atoms with Crippen LogP contribution in [0.5, 0.6) is 5.75 Å². The summed E-state index contributed by atoms with van der Waals surface area (Å²) in [5.74, 6) is -1.08. The minimum absolute atomic E-state index is 0.0380. The molecular formula is C9H12FNO2. The van der Waals surface area contributed by atoms with Gasteiger partial charge in [0.05, 0.1) is 0 Å². The van der Waals surface area contributed by atoms with Crippen molar-refractivity contribution < 1.29 is 14.6 Å². The second-order valence-corrected chi connectivity index (χ2v) is 2.83. The normalized spacial score (nSPS) is 12.8. The monoisotopic (exact) mass is 185 g/mol. The van der Waals surface area contributed by atoms with E-state index in [4.69, 9.17) is 15.9 Å². The molecule has 4 heteroatoms. The molecule has 0 aliphatic rings. The minimum atomic E-state index is -0.689. The Morgan fingerprint density at radius 3 is 2.69 bits per heavy atom. The van der Waals surface area contributed by atoms with Gasteiger partial charge in [0, 0.05) is 12.6 Å². The lowest BCUT2D eigenvalue weighted by molar-refractivity contribution is 0.276. The molecule has 0 saturated carbocycles. The lowest BCUT2D eigenvalue weighted by Gasteiger charge is -2.10. The predicted molar refractivity (Wildman–Crippen MR) is 46.7 cm³/mol. The number of phenols is 1. The van der Waals surface area contributed by atoms with Gasteiger partial charge in [0.1, 0.15) is 0 Å². The van der Waals surface area contributed by atoms with Crippen LogP contribution >= 0.6 is 0 Å². The van der Waals surface area contributed by atoms with E-state index >= 15 is 0 Å². The molecule has 0 aromatic heterocycles. The smallest absolute Gasteiger partial charge is 0.165 e. The van der Waals surface area contributed by atoms with Gasteiger partial charge >= 0.3 is 0 Å². The van der Waals surface area contributed by atoms with Gasteiger partial charge in [-0.3, -0.25) is 0 Å². The maximum atomic E-state index is 12.8. The van der Waals surface area contributed by atoms with Gasteiger partial charge in [-0.2, -0.15) is 0 Å². The van der Waals surface area contributed by atoms with Crippen molar-refractivity contribution in [1.29, 1.82) is 0 Å². The van der Waals surface area contributed by atoms with Crippen molar-refractivity contribution in [3.05, 3.63) is 29.6 Å². The SMILES string of the molecule is NC(CCO)c1ccc(O)c(F)c1. The van der Waals surface area contributed by atoms with Crippen LogP contribution in [0.3, 0.4) is 0 Å². The summed E-state index contributed by atoms with van der Waals surface area (Å²) in [4.78, 5) is 0. The Bertz CT molecular complexity index is 291. The number of rotatable bonds is 3. The third kappa shape index (κ3) is 2.40. The fourth-order valence-corrected chi connectivity index (χ4v) is 1.06. The number of phenolic OH excluding ortho intramolecular Hbond substituents is 1. The van der Waals surface area contributed by atoms with E-state index in [-0.39, 0.29) is 18.4 Å². The highest BCUT2D eigenvalue weighted by Gasteiger charge is 2.08. The van der Waals surface area contributed by atoms with E-state index in [9.17, 15) is 4.39 Å². The van der Waals surface area contributed by atoms with Crippen molar-refractivity contribution in [3.8, 4) is 5.75 Å². The van der Waals surface area contributed by atoms with Gasteiger partial charge in [-0.15, -0.1) is 0 Å². The van der Waals surface area contributed by atoms with Crippen LogP contribution in [0.25, 0.3) is 0 Å². The zero-order valence-corrected chi connectivity index (χ0v) is 7.07. The maximum absolute atomic E-state index is 12.8. The molecule has 0 radical (unpaired) electrons. The molecule has 0 amide bonds. The van der Waals surface area contributed by atoms with E-state index in [0.717, 1.165) is 0 Å². The molecule has 0 fully saturated rings. The zero-order chi connectivity index (χ0) is 9.84. The molecule has 4 N–H and O–H groups in total. The van der Waals surface area contributed by atoms with Gasteiger partial charge in [0.25, 0.3) is 0 Å². The average molecular weight is 185 g/mol. The van der Waals surface area contributed by atoms with E-state index in [0.29, 0.717) is 12.0 Å². The van der Waals surface area contributed by atoms with Crippen LogP contribution in [0.2, 0.25) is 0 Å². The first-order chi connectivity index (χ1) is 6.15. The fourth-order valence-electron chi connectivity index (χ4n) is 1.06. The Morgan fingerprint density at radius 1 is 1.46 bits per heavy atom. The minimum Gasteiger partial charge on any atom is -0.505 e. The van der Waals surface area contributed by atoms with Gasteiger partial charge in [0.2, 0.25) is 0 Å². The van der Waals surface area contributed by atoms with E-state index < -0.39 is 5.82 Å². The highest BCUT2D eigenvalue weighted by Crippen LogP contribution is 2.20. The third-order valence-electron chi connectivity index (χ3n) is 1.84. The molecule has 13 heavy (non-hydrogen) atoms. The van der Waals surface area contributed by atoms with Crippen LogP contribution in [0.15, 0.2) is 18.2 Å². The lowest BCUT2D eigenvalue weighted by atomic mass is 10.0. The van der Waals surface area contributed by atoms with Crippen molar-refractivity contribution in [3.63, 3.8) is 0 Å². The first kappa shape index (κ1) is 9.95. The van der Waals surface area contributed by atoms with Crippen molar-refractivity contribution >= 4 is 0 Å². The Morgan fingerprint density at radius 2 is 2.15 bits per heavy atom. The van der Waals surface area contributed by atoms with Gasteiger partial charge in [-0.25, -0.2) is 4.39 Å². The highest BCUT2D eigenvalue weighted by molar-refractivity contribution is 5.29. The number of aliphatic hydroxyl groups excluding tert-OH is 1. The van der Waals surface area contributed by atoms with Gasteiger partial charge in [-0.1, -0.05) is 6.07 Å². The summed E-state index contributed by atoms with van der Waals surface area (Å²) in [6, 6.07) is 3.58. The predicted octanol–water partition coefficient (Wildman–Crippen LogP) is 0.913. The topological polar surface area (TPSA) is 66.5 Å². The number of nitrogens with two attached hydrogens (primary N) is 1. The summed E-state index contributed by atoms with van der Waals surface area (Å²) in [7, 11) is 0. The largest absolute Gasteiger partial charge is 0.505 e. The second kappa shape index (κ2) is 4.20. The van der Waals surface area contributed by atoms with E-state index in [2.05, 4.69) is 0 Å². The molecule has 1 aromatic carbocycles. The van der Waals surface area contributed by atoms with Crippen LogP contribution < -0.4 is 5.73 Å². The van der Waals surface area contributed by atoms with E-state index in [1.54, 1.807) is 6.07 Å². The highest BCUT2D eigenvalue weighted by atomic mass is 19.1. The van der Waals surface area contributed by atoms with Crippen LogP contribution in [0.4, 0.5) is 4.39 Å². The van der Waals surface area contributed by atoms with Gasteiger partial charge in [-0.05, 0) is 24.1 Å². The molecule has 0 saturated heterocycles. The maximum Gasteiger partial charge on any atom is 0.165 e. The number of hydrogen-bond acceptors (Lipinski definition) is 3. The standard InChI is InChI=1S/C9H12FNO2/c10-7-5-6(1-2-9(7)13)8(11)3-4-12/h1-2,5,8,12-13H,3-4,11H2. The molecule has 1 unspecified atom stereocenters. The summed E-state index contributed by atoms with van der Waals surface area (Å²) in [6.45, 7) is -0.0380. The van der Waals surface area contributed by atoms with Gasteiger partial charge in [0.15, 0.2) is 11.6 Å². The summed E-state index contributed by atoms with van der Waals surface area (Å²) < 4.78 is 12.8. The zero-order valence-electron chi connectivity index (χ0n) is 7.07. The molecule has 0 aliphatic carbocycles. The van der Waals surface area contributed by atoms with Crippen LogP contribution in [-0.4, -0.2) is 16.8 Å². The molecule has 1 rings (SSSR count). The Labute approximate surface area is 75.6 Å². The molecule has 1 atom stereocenters. The summed E-state index contributed by atoms with van der Waals surface area (Å²) in [5, 5.41) is 17.5. The van der Waals surface area contributed by atoms with Crippen molar-refractivity contribution in [2.24, 2.45) is 5.73 Å². The van der Waals surface area contributed by atoms with Gasteiger partial charge < -0.3 is 15.9 Å². The Hall–Kier alpha value is -1.13. The average Bonchev–Trinajstić information content (AvgIpc) is 2.10. The van der Waals surface area contributed by atoms with Crippen LogP contribution in [0.1, 0.15) is 18.0 Å². The van der Waals surface area contributed by atoms with E-state index in [1.165, 1.54) is 12.1 Å². The number of hydrogen-bond donors (Lipinski definition) is 3. The summed E-state index contributed by atoms with van der Waals surface area (Å²) in [6.07, 6.45) is 0.379.